The van der Waals surface area contributed by atoms with E-state index in [1.54, 1.807) is 22.7 Å². The number of aryl methyl sites for hydroxylation is 2. The summed E-state index contributed by atoms with van der Waals surface area (Å²) in [7, 11) is 2.15. The number of thiazole rings is 2. The molecule has 4 nitrogen and oxygen atoms in total. The fraction of sp³-hybridized carbons (Fsp3) is 0.375. The van der Waals surface area contributed by atoms with E-state index in [2.05, 4.69) is 60.6 Å². The minimum Gasteiger partial charge on any atom is -0.296 e. The molecule has 1 atom stereocenters. The van der Waals surface area contributed by atoms with Crippen LogP contribution in [0.25, 0.3) is 5.13 Å². The zero-order valence-corrected chi connectivity index (χ0v) is 14.9. The van der Waals surface area contributed by atoms with Gasteiger partial charge >= 0.3 is 0 Å². The second-order valence-corrected chi connectivity index (χ2v) is 7.73. The summed E-state index contributed by atoms with van der Waals surface area (Å²) in [5, 5.41) is 4.16. The maximum atomic E-state index is 4.69. The van der Waals surface area contributed by atoms with Crippen LogP contribution in [0.4, 0.5) is 0 Å². The number of nitrogens with zero attached hydrogens (tertiary/aromatic N) is 4. The lowest BCUT2D eigenvalue weighted by atomic mass is 10.2. The van der Waals surface area contributed by atoms with Crippen molar-refractivity contribution in [3.05, 3.63) is 51.2 Å². The SMILES string of the molecule is Cc1nc([C@H](C)N(C)Cc2cccn2-c2nccs2)c(C)s1. The van der Waals surface area contributed by atoms with Crippen LogP contribution in [-0.2, 0) is 6.54 Å². The number of hydrogen-bond donors (Lipinski definition) is 0. The van der Waals surface area contributed by atoms with Gasteiger partial charge in [-0.05, 0) is 40.0 Å². The third-order valence-electron chi connectivity index (χ3n) is 3.87. The molecule has 0 amide bonds. The summed E-state index contributed by atoms with van der Waals surface area (Å²) >= 11 is 3.43. The van der Waals surface area contributed by atoms with E-state index in [9.17, 15) is 0 Å². The van der Waals surface area contributed by atoms with Crippen molar-refractivity contribution in [2.45, 2.75) is 33.4 Å². The Morgan fingerprint density at radius 1 is 1.36 bits per heavy atom. The Morgan fingerprint density at radius 3 is 2.82 bits per heavy atom. The average molecular weight is 332 g/mol. The molecular weight excluding hydrogens is 312 g/mol. The van der Waals surface area contributed by atoms with Gasteiger partial charge in [-0.3, -0.25) is 9.47 Å². The highest BCUT2D eigenvalue weighted by Crippen LogP contribution is 2.27. The summed E-state index contributed by atoms with van der Waals surface area (Å²) < 4.78 is 2.16. The Kier molecular flexibility index (Phi) is 4.42. The molecule has 0 aromatic carbocycles. The highest BCUT2D eigenvalue weighted by Gasteiger charge is 2.19. The smallest absolute Gasteiger partial charge is 0.193 e. The highest BCUT2D eigenvalue weighted by molar-refractivity contribution is 7.12. The van der Waals surface area contributed by atoms with Crippen molar-refractivity contribution in [1.29, 1.82) is 0 Å². The van der Waals surface area contributed by atoms with E-state index in [1.807, 2.05) is 11.6 Å². The van der Waals surface area contributed by atoms with Gasteiger partial charge in [0.1, 0.15) is 0 Å². The first-order valence-electron chi connectivity index (χ1n) is 7.26. The van der Waals surface area contributed by atoms with Crippen LogP contribution < -0.4 is 0 Å². The van der Waals surface area contributed by atoms with Crippen molar-refractivity contribution in [2.75, 3.05) is 7.05 Å². The first-order valence-corrected chi connectivity index (χ1v) is 8.96. The molecule has 0 aliphatic carbocycles. The van der Waals surface area contributed by atoms with Crippen molar-refractivity contribution in [3.63, 3.8) is 0 Å². The van der Waals surface area contributed by atoms with Gasteiger partial charge in [-0.2, -0.15) is 0 Å². The Morgan fingerprint density at radius 2 is 2.18 bits per heavy atom. The van der Waals surface area contributed by atoms with E-state index in [0.29, 0.717) is 6.04 Å². The van der Waals surface area contributed by atoms with Gasteiger partial charge < -0.3 is 0 Å². The van der Waals surface area contributed by atoms with Gasteiger partial charge in [-0.1, -0.05) is 0 Å². The molecule has 0 aliphatic heterocycles. The molecule has 0 N–H and O–H groups in total. The van der Waals surface area contributed by atoms with Crippen LogP contribution >= 0.6 is 22.7 Å². The maximum absolute atomic E-state index is 4.69. The molecule has 0 aliphatic rings. The molecule has 0 unspecified atom stereocenters. The molecule has 3 heterocycles. The zero-order chi connectivity index (χ0) is 15.7. The largest absolute Gasteiger partial charge is 0.296 e. The van der Waals surface area contributed by atoms with Gasteiger partial charge in [-0.15, -0.1) is 22.7 Å². The van der Waals surface area contributed by atoms with Crippen LogP contribution in [0.2, 0.25) is 0 Å². The molecular formula is C16H20N4S2. The summed E-state index contributed by atoms with van der Waals surface area (Å²) in [6.45, 7) is 7.31. The Bertz CT molecular complexity index is 742. The molecule has 0 spiro atoms. The van der Waals surface area contributed by atoms with Crippen LogP contribution in [0.5, 0.6) is 0 Å². The van der Waals surface area contributed by atoms with Crippen molar-refractivity contribution < 1.29 is 0 Å². The zero-order valence-electron chi connectivity index (χ0n) is 13.3. The van der Waals surface area contributed by atoms with Crippen LogP contribution in [0, 0.1) is 13.8 Å². The molecule has 0 saturated heterocycles. The first kappa shape index (κ1) is 15.4. The van der Waals surface area contributed by atoms with Gasteiger partial charge in [0.05, 0.1) is 16.7 Å². The first-order chi connectivity index (χ1) is 10.6. The third-order valence-corrected chi connectivity index (χ3v) is 5.54. The second kappa shape index (κ2) is 6.32. The van der Waals surface area contributed by atoms with Crippen LogP contribution in [0.15, 0.2) is 29.9 Å². The predicted molar refractivity (Wildman–Crippen MR) is 92.9 cm³/mol. The standard InChI is InChI=1S/C16H20N4S2/c1-11(15-12(2)22-13(3)18-15)19(4)10-14-6-5-8-20(14)16-17-7-9-21-16/h5-9,11H,10H2,1-4H3/t11-/m0/s1. The minimum atomic E-state index is 0.296. The Labute approximate surface area is 139 Å². The molecule has 3 rings (SSSR count). The minimum absolute atomic E-state index is 0.296. The molecule has 0 bridgehead atoms. The number of rotatable bonds is 5. The van der Waals surface area contributed by atoms with Gasteiger partial charge in [0.15, 0.2) is 5.13 Å². The molecule has 22 heavy (non-hydrogen) atoms. The lowest BCUT2D eigenvalue weighted by Gasteiger charge is -2.24. The Balaban J connectivity index is 1.79. The molecule has 0 fully saturated rings. The fourth-order valence-corrected chi connectivity index (χ4v) is 4.17. The summed E-state index contributed by atoms with van der Waals surface area (Å²) in [6, 6.07) is 4.53. The second-order valence-electron chi connectivity index (χ2n) is 5.45. The van der Waals surface area contributed by atoms with Gasteiger partial charge in [0, 0.05) is 34.9 Å². The lowest BCUT2D eigenvalue weighted by molar-refractivity contribution is 0.244. The summed E-state index contributed by atoms with van der Waals surface area (Å²) in [6.07, 6.45) is 3.92. The van der Waals surface area contributed by atoms with Gasteiger partial charge in [0.2, 0.25) is 0 Å². The van der Waals surface area contributed by atoms with E-state index >= 15 is 0 Å². The van der Waals surface area contributed by atoms with E-state index < -0.39 is 0 Å². The number of hydrogen-bond acceptors (Lipinski definition) is 5. The summed E-state index contributed by atoms with van der Waals surface area (Å²) in [5.41, 5.74) is 2.44. The van der Waals surface area contributed by atoms with E-state index in [4.69, 9.17) is 4.98 Å². The average Bonchev–Trinajstić information content (AvgIpc) is 3.18. The Hall–Kier alpha value is -1.50. The maximum Gasteiger partial charge on any atom is 0.193 e. The van der Waals surface area contributed by atoms with Crippen LogP contribution in [0.1, 0.15) is 34.2 Å². The third kappa shape index (κ3) is 2.99. The van der Waals surface area contributed by atoms with Crippen molar-refractivity contribution >= 4 is 22.7 Å². The molecule has 3 aromatic heterocycles. The predicted octanol–water partition coefficient (Wildman–Crippen LogP) is 4.20. The summed E-state index contributed by atoms with van der Waals surface area (Å²) in [5.74, 6) is 0. The van der Waals surface area contributed by atoms with E-state index in [1.165, 1.54) is 16.3 Å². The summed E-state index contributed by atoms with van der Waals surface area (Å²) in [4.78, 5) is 12.7. The van der Waals surface area contributed by atoms with Crippen molar-refractivity contribution in [3.8, 4) is 5.13 Å². The molecule has 3 aromatic rings. The fourth-order valence-electron chi connectivity index (χ4n) is 2.60. The van der Waals surface area contributed by atoms with Gasteiger partial charge in [-0.25, -0.2) is 9.97 Å². The topological polar surface area (TPSA) is 34.0 Å². The van der Waals surface area contributed by atoms with Crippen LogP contribution in [-0.4, -0.2) is 26.5 Å². The monoisotopic (exact) mass is 332 g/mol. The molecule has 6 heteroatoms. The van der Waals surface area contributed by atoms with Crippen LogP contribution in [0.3, 0.4) is 0 Å². The van der Waals surface area contributed by atoms with E-state index in [0.717, 1.165) is 16.7 Å². The molecule has 116 valence electrons. The molecule has 0 radical (unpaired) electrons. The van der Waals surface area contributed by atoms with Crippen molar-refractivity contribution in [2.24, 2.45) is 0 Å². The van der Waals surface area contributed by atoms with Gasteiger partial charge in [0.25, 0.3) is 0 Å². The lowest BCUT2D eigenvalue weighted by Crippen LogP contribution is -2.24. The normalized spacial score (nSPS) is 13.0. The number of aromatic nitrogens is 3. The molecule has 0 saturated carbocycles. The van der Waals surface area contributed by atoms with E-state index in [-0.39, 0.29) is 0 Å². The quantitative estimate of drug-likeness (QED) is 0.702. The highest BCUT2D eigenvalue weighted by atomic mass is 32.1. The van der Waals surface area contributed by atoms with Crippen molar-refractivity contribution in [1.82, 2.24) is 19.4 Å².